The summed E-state index contributed by atoms with van der Waals surface area (Å²) in [7, 11) is 0. The predicted octanol–water partition coefficient (Wildman–Crippen LogP) is 0.247. The van der Waals surface area contributed by atoms with E-state index in [0.717, 1.165) is 0 Å². The van der Waals surface area contributed by atoms with E-state index in [1.807, 2.05) is 0 Å². The Hall–Kier alpha value is -2.47. The highest BCUT2D eigenvalue weighted by Crippen LogP contribution is 2.35. The third-order valence-corrected chi connectivity index (χ3v) is 4.32. The minimum absolute atomic E-state index is 0.0675. The normalized spacial score (nSPS) is 22.5. The summed E-state index contributed by atoms with van der Waals surface area (Å²) in [5.74, 6) is -1.03. The maximum atomic E-state index is 12.0. The molecule has 1 fully saturated rings. The van der Waals surface area contributed by atoms with Crippen LogP contribution >= 0.6 is 15.9 Å². The molecule has 12 heteroatoms. The van der Waals surface area contributed by atoms with E-state index in [2.05, 4.69) is 30.9 Å². The van der Waals surface area contributed by atoms with Gasteiger partial charge in [-0.15, -0.1) is 0 Å². The SMILES string of the molecule is CC(=O)OC[C@H]1O[C@@H](n2c(Br)nc3c(=O)[nH]c(N)nc32)C[C@@H]1OC(C)=O. The number of aromatic amines is 1. The second-order valence-electron chi connectivity index (χ2n) is 5.69. The van der Waals surface area contributed by atoms with Gasteiger partial charge in [-0.2, -0.15) is 4.98 Å². The molecule has 0 radical (unpaired) electrons. The van der Waals surface area contributed by atoms with Crippen molar-refractivity contribution in [1.82, 2.24) is 19.5 Å². The summed E-state index contributed by atoms with van der Waals surface area (Å²) in [6, 6.07) is 0. The molecule has 1 aliphatic heterocycles. The maximum Gasteiger partial charge on any atom is 0.303 e. The Bertz CT molecular complexity index is 924. The zero-order valence-corrected chi connectivity index (χ0v) is 15.5. The second-order valence-corrected chi connectivity index (χ2v) is 6.40. The number of aromatic nitrogens is 4. The van der Waals surface area contributed by atoms with Crippen molar-refractivity contribution in [2.75, 3.05) is 12.3 Å². The molecule has 11 nitrogen and oxygen atoms in total. The van der Waals surface area contributed by atoms with Crippen molar-refractivity contribution in [3.05, 3.63) is 15.1 Å². The Kier molecular flexibility index (Phi) is 4.96. The molecule has 3 N–H and O–H groups in total. The van der Waals surface area contributed by atoms with E-state index in [4.69, 9.17) is 19.9 Å². The average molecular weight is 430 g/mol. The number of ether oxygens (including phenoxy) is 3. The molecule has 1 saturated heterocycles. The molecule has 0 bridgehead atoms. The van der Waals surface area contributed by atoms with Gasteiger partial charge in [0, 0.05) is 20.3 Å². The highest BCUT2D eigenvalue weighted by molar-refractivity contribution is 9.10. The fourth-order valence-electron chi connectivity index (χ4n) is 2.77. The number of imidazole rings is 1. The van der Waals surface area contributed by atoms with Crippen LogP contribution in [0.5, 0.6) is 0 Å². The van der Waals surface area contributed by atoms with Crippen LogP contribution in [0.1, 0.15) is 26.5 Å². The number of rotatable bonds is 4. The van der Waals surface area contributed by atoms with Crippen LogP contribution in [-0.4, -0.2) is 50.3 Å². The molecule has 0 aliphatic carbocycles. The lowest BCUT2D eigenvalue weighted by Crippen LogP contribution is -2.31. The first-order valence-electron chi connectivity index (χ1n) is 7.65. The molecule has 26 heavy (non-hydrogen) atoms. The van der Waals surface area contributed by atoms with Gasteiger partial charge < -0.3 is 19.9 Å². The van der Waals surface area contributed by atoms with Crippen molar-refractivity contribution < 1.29 is 23.8 Å². The van der Waals surface area contributed by atoms with Gasteiger partial charge in [0.05, 0.1) is 0 Å². The number of hydrogen-bond acceptors (Lipinski definition) is 9. The molecule has 140 valence electrons. The van der Waals surface area contributed by atoms with E-state index in [0.29, 0.717) is 4.73 Å². The lowest BCUT2D eigenvalue weighted by Gasteiger charge is -2.17. The third kappa shape index (κ3) is 3.55. The molecule has 0 unspecified atom stereocenters. The molecule has 2 aromatic rings. The summed E-state index contributed by atoms with van der Waals surface area (Å²) in [5.41, 5.74) is 5.43. The predicted molar refractivity (Wildman–Crippen MR) is 91.0 cm³/mol. The Labute approximate surface area is 155 Å². The Morgan fingerprint density at radius 1 is 1.38 bits per heavy atom. The van der Waals surface area contributed by atoms with E-state index in [1.54, 1.807) is 0 Å². The monoisotopic (exact) mass is 429 g/mol. The number of nitrogens with zero attached hydrogens (tertiary/aromatic N) is 3. The minimum Gasteiger partial charge on any atom is -0.463 e. The average Bonchev–Trinajstić information content (AvgIpc) is 3.05. The van der Waals surface area contributed by atoms with Gasteiger partial charge in [0.2, 0.25) is 5.95 Å². The van der Waals surface area contributed by atoms with Crippen LogP contribution in [0.15, 0.2) is 9.53 Å². The third-order valence-electron chi connectivity index (χ3n) is 3.76. The molecule has 3 atom stereocenters. The fraction of sp³-hybridized carbons (Fsp3) is 0.500. The van der Waals surface area contributed by atoms with E-state index >= 15 is 0 Å². The van der Waals surface area contributed by atoms with E-state index in [1.165, 1.54) is 18.4 Å². The Balaban J connectivity index is 1.95. The molecular formula is C14H16BrN5O6. The van der Waals surface area contributed by atoms with Gasteiger partial charge in [0.1, 0.15) is 25.0 Å². The van der Waals surface area contributed by atoms with Crippen LogP contribution in [0, 0.1) is 0 Å². The number of nitrogen functional groups attached to an aromatic ring is 1. The quantitative estimate of drug-likeness (QED) is 0.514. The number of carbonyl (C=O) groups excluding carboxylic acids is 2. The minimum atomic E-state index is -0.670. The van der Waals surface area contributed by atoms with E-state index in [9.17, 15) is 14.4 Å². The number of fused-ring (bicyclic) bond motifs is 1. The largest absolute Gasteiger partial charge is 0.463 e. The van der Waals surface area contributed by atoms with E-state index in [-0.39, 0.29) is 30.1 Å². The van der Waals surface area contributed by atoms with Crippen LogP contribution in [-0.2, 0) is 23.8 Å². The molecule has 3 rings (SSSR count). The van der Waals surface area contributed by atoms with Crippen LogP contribution < -0.4 is 11.3 Å². The topological polar surface area (TPSA) is 151 Å². The number of hydrogen-bond donors (Lipinski definition) is 2. The number of anilines is 1. The molecular weight excluding hydrogens is 414 g/mol. The first-order chi connectivity index (χ1) is 12.3. The number of carbonyl (C=O) groups is 2. The zero-order chi connectivity index (χ0) is 19.0. The van der Waals surface area contributed by atoms with Crippen LogP contribution in [0.3, 0.4) is 0 Å². The Morgan fingerprint density at radius 3 is 2.77 bits per heavy atom. The highest BCUT2D eigenvalue weighted by atomic mass is 79.9. The van der Waals surface area contributed by atoms with Crippen molar-refractivity contribution >= 4 is 45.0 Å². The van der Waals surface area contributed by atoms with Crippen molar-refractivity contribution in [3.63, 3.8) is 0 Å². The van der Waals surface area contributed by atoms with Gasteiger partial charge in [0.25, 0.3) is 5.56 Å². The number of halogens is 1. The molecule has 0 spiro atoms. The van der Waals surface area contributed by atoms with Crippen LogP contribution in [0.25, 0.3) is 11.2 Å². The summed E-state index contributed by atoms with van der Waals surface area (Å²) < 4.78 is 18.0. The van der Waals surface area contributed by atoms with Gasteiger partial charge in [0.15, 0.2) is 15.9 Å². The standard InChI is InChI=1S/C14H16BrN5O6/c1-5(21)24-4-8-7(25-6(2)22)3-9(26-8)20-11-10(17-13(20)15)12(23)19-14(16)18-11/h7-9H,3-4H2,1-2H3,(H3,16,18,19,23)/t7-,8+,9+/m0/s1. The van der Waals surface area contributed by atoms with Gasteiger partial charge in [-0.25, -0.2) is 4.98 Å². The van der Waals surface area contributed by atoms with Gasteiger partial charge in [-0.3, -0.25) is 23.9 Å². The van der Waals surface area contributed by atoms with Crippen LogP contribution in [0.2, 0.25) is 0 Å². The zero-order valence-electron chi connectivity index (χ0n) is 13.9. The molecule has 1 aliphatic rings. The lowest BCUT2D eigenvalue weighted by atomic mass is 10.2. The summed E-state index contributed by atoms with van der Waals surface area (Å²) in [4.78, 5) is 45.0. The molecule has 3 heterocycles. The lowest BCUT2D eigenvalue weighted by molar-refractivity contribution is -0.155. The highest BCUT2D eigenvalue weighted by Gasteiger charge is 2.40. The number of nitrogens with one attached hydrogen (secondary N) is 1. The molecule has 2 aromatic heterocycles. The van der Waals surface area contributed by atoms with Gasteiger partial charge in [-0.05, 0) is 15.9 Å². The number of esters is 2. The maximum absolute atomic E-state index is 12.0. The first kappa shape index (κ1) is 18.3. The number of H-pyrrole nitrogens is 1. The molecule has 0 aromatic carbocycles. The van der Waals surface area contributed by atoms with E-state index < -0.39 is 35.9 Å². The van der Waals surface area contributed by atoms with Gasteiger partial charge >= 0.3 is 11.9 Å². The molecule has 0 saturated carbocycles. The van der Waals surface area contributed by atoms with Gasteiger partial charge in [-0.1, -0.05) is 0 Å². The first-order valence-corrected chi connectivity index (χ1v) is 8.44. The fourth-order valence-corrected chi connectivity index (χ4v) is 3.35. The van der Waals surface area contributed by atoms with Crippen molar-refractivity contribution in [2.24, 2.45) is 0 Å². The van der Waals surface area contributed by atoms with Crippen molar-refractivity contribution in [1.29, 1.82) is 0 Å². The number of nitrogens with two attached hydrogens (primary N) is 1. The summed E-state index contributed by atoms with van der Waals surface area (Å²) >= 11 is 3.28. The van der Waals surface area contributed by atoms with Crippen LogP contribution in [0.4, 0.5) is 5.95 Å². The molecule has 0 amide bonds. The summed E-state index contributed by atoms with van der Waals surface area (Å²) in [5, 5.41) is 0. The smallest absolute Gasteiger partial charge is 0.303 e. The summed E-state index contributed by atoms with van der Waals surface area (Å²) in [6.45, 7) is 2.47. The summed E-state index contributed by atoms with van der Waals surface area (Å²) in [6.07, 6.45) is -1.71. The van der Waals surface area contributed by atoms with Crippen molar-refractivity contribution in [3.8, 4) is 0 Å². The Morgan fingerprint density at radius 2 is 2.12 bits per heavy atom. The second kappa shape index (κ2) is 7.03. The van der Waals surface area contributed by atoms with Crippen molar-refractivity contribution in [2.45, 2.75) is 38.7 Å².